The fourth-order valence-electron chi connectivity index (χ4n) is 3.90. The second kappa shape index (κ2) is 5.47. The minimum Gasteiger partial charge on any atom is -0.390 e. The topological polar surface area (TPSA) is 29.3 Å². The summed E-state index contributed by atoms with van der Waals surface area (Å²) < 4.78 is 1.31. The molecule has 1 unspecified atom stereocenters. The molecule has 2 aliphatic rings. The largest absolute Gasteiger partial charge is 0.390 e. The van der Waals surface area contributed by atoms with E-state index >= 15 is 0 Å². The van der Waals surface area contributed by atoms with Gasteiger partial charge in [-0.3, -0.25) is 4.90 Å². The first-order valence-electron chi connectivity index (χ1n) is 8.03. The fraction of sp³-hybridized carbons (Fsp3) is 0.444. The van der Waals surface area contributed by atoms with Crippen molar-refractivity contribution in [1.82, 2.24) is 4.90 Å². The van der Waals surface area contributed by atoms with Gasteiger partial charge in [-0.1, -0.05) is 30.7 Å². The molecule has 2 aliphatic heterocycles. The molecular formula is C18H22N2S. The quantitative estimate of drug-likeness (QED) is 0.839. The van der Waals surface area contributed by atoms with Crippen LogP contribution in [0.5, 0.6) is 0 Å². The maximum atomic E-state index is 6.35. The fourth-order valence-corrected chi connectivity index (χ4v) is 4.91. The van der Waals surface area contributed by atoms with Crippen LogP contribution in [0.4, 0.5) is 5.00 Å². The van der Waals surface area contributed by atoms with E-state index in [1.807, 2.05) is 0 Å². The van der Waals surface area contributed by atoms with E-state index < -0.39 is 0 Å². The summed E-state index contributed by atoms with van der Waals surface area (Å²) in [6.07, 6.45) is 9.04. The van der Waals surface area contributed by atoms with Crippen LogP contribution in [0.25, 0.3) is 15.7 Å². The molecule has 4 rings (SSSR count). The van der Waals surface area contributed by atoms with Crippen LogP contribution in [-0.4, -0.2) is 24.0 Å². The highest BCUT2D eigenvalue weighted by molar-refractivity contribution is 7.23. The molecule has 2 aromatic rings. The number of hydrogen-bond acceptors (Lipinski definition) is 3. The average molecular weight is 298 g/mol. The molecule has 110 valence electrons. The number of thiophene rings is 1. The van der Waals surface area contributed by atoms with E-state index in [9.17, 15) is 0 Å². The Kier molecular flexibility index (Phi) is 3.48. The smallest absolute Gasteiger partial charge is 0.0945 e. The van der Waals surface area contributed by atoms with E-state index in [1.165, 1.54) is 59.9 Å². The highest BCUT2D eigenvalue weighted by Gasteiger charge is 2.25. The number of rotatable bonds is 1. The number of allylic oxidation sites excluding steroid dienone is 1. The average Bonchev–Trinajstić information content (AvgIpc) is 2.70. The SMILES string of the molecule is Nc1sc2ccccc2c1C1=CCN2CCCCC2CC1. The lowest BCUT2D eigenvalue weighted by atomic mass is 9.95. The van der Waals surface area contributed by atoms with E-state index in [1.54, 1.807) is 11.3 Å². The lowest BCUT2D eigenvalue weighted by Crippen LogP contribution is -2.38. The number of nitrogen functional groups attached to an aromatic ring is 1. The summed E-state index contributed by atoms with van der Waals surface area (Å²) in [4.78, 5) is 2.67. The van der Waals surface area contributed by atoms with Gasteiger partial charge in [0.2, 0.25) is 0 Å². The predicted molar refractivity (Wildman–Crippen MR) is 92.7 cm³/mol. The summed E-state index contributed by atoms with van der Waals surface area (Å²) in [6, 6.07) is 9.41. The molecule has 0 amide bonds. The molecule has 1 saturated heterocycles. The highest BCUT2D eigenvalue weighted by atomic mass is 32.1. The van der Waals surface area contributed by atoms with Crippen molar-refractivity contribution in [2.75, 3.05) is 18.8 Å². The molecule has 0 saturated carbocycles. The normalized spacial score (nSPS) is 23.6. The Balaban J connectivity index is 1.71. The molecule has 3 heterocycles. The molecule has 2 N–H and O–H groups in total. The van der Waals surface area contributed by atoms with Gasteiger partial charge in [-0.15, -0.1) is 11.3 Å². The Morgan fingerprint density at radius 2 is 2.05 bits per heavy atom. The van der Waals surface area contributed by atoms with Crippen molar-refractivity contribution in [1.29, 1.82) is 0 Å². The minimum atomic E-state index is 0.790. The van der Waals surface area contributed by atoms with Gasteiger partial charge in [-0.25, -0.2) is 0 Å². The second-order valence-electron chi connectivity index (χ2n) is 6.25. The van der Waals surface area contributed by atoms with Gasteiger partial charge in [-0.2, -0.15) is 0 Å². The van der Waals surface area contributed by atoms with Crippen LogP contribution >= 0.6 is 11.3 Å². The second-order valence-corrected chi connectivity index (χ2v) is 7.33. The third-order valence-corrected chi connectivity index (χ3v) is 6.01. The third kappa shape index (κ3) is 2.39. The van der Waals surface area contributed by atoms with Crippen LogP contribution in [0.1, 0.15) is 37.7 Å². The van der Waals surface area contributed by atoms with Crippen molar-refractivity contribution in [3.63, 3.8) is 0 Å². The molecule has 0 spiro atoms. The maximum absolute atomic E-state index is 6.35. The lowest BCUT2D eigenvalue weighted by molar-refractivity contribution is 0.161. The van der Waals surface area contributed by atoms with Crippen LogP contribution in [0.3, 0.4) is 0 Å². The summed E-state index contributed by atoms with van der Waals surface area (Å²) >= 11 is 1.73. The Hall–Kier alpha value is -1.32. The van der Waals surface area contributed by atoms with Gasteiger partial charge in [-0.05, 0) is 43.9 Å². The first kappa shape index (κ1) is 13.4. The van der Waals surface area contributed by atoms with Crippen molar-refractivity contribution in [2.24, 2.45) is 0 Å². The number of hydrogen-bond donors (Lipinski definition) is 1. The van der Waals surface area contributed by atoms with Crippen molar-refractivity contribution in [3.05, 3.63) is 35.9 Å². The minimum absolute atomic E-state index is 0.790. The highest BCUT2D eigenvalue weighted by Crippen LogP contribution is 2.41. The molecule has 3 heteroatoms. The molecule has 1 aromatic heterocycles. The third-order valence-electron chi connectivity index (χ3n) is 5.01. The van der Waals surface area contributed by atoms with E-state index in [2.05, 4.69) is 35.2 Å². The number of anilines is 1. The summed E-state index contributed by atoms with van der Waals surface area (Å²) in [5.41, 5.74) is 9.13. The maximum Gasteiger partial charge on any atom is 0.0945 e. The Morgan fingerprint density at radius 3 is 3.00 bits per heavy atom. The Morgan fingerprint density at radius 1 is 1.14 bits per heavy atom. The molecular weight excluding hydrogens is 276 g/mol. The molecule has 1 fully saturated rings. The summed E-state index contributed by atoms with van der Waals surface area (Å²) in [6.45, 7) is 2.37. The van der Waals surface area contributed by atoms with Gasteiger partial charge in [0.15, 0.2) is 0 Å². The molecule has 0 aliphatic carbocycles. The van der Waals surface area contributed by atoms with Gasteiger partial charge < -0.3 is 5.73 Å². The number of nitrogens with zero attached hydrogens (tertiary/aromatic N) is 1. The van der Waals surface area contributed by atoms with Crippen LogP contribution in [0.15, 0.2) is 30.3 Å². The first-order valence-corrected chi connectivity index (χ1v) is 8.85. The van der Waals surface area contributed by atoms with Gasteiger partial charge in [0, 0.05) is 28.2 Å². The van der Waals surface area contributed by atoms with Crippen LogP contribution in [0, 0.1) is 0 Å². The van der Waals surface area contributed by atoms with Gasteiger partial charge in [0.25, 0.3) is 0 Å². The lowest BCUT2D eigenvalue weighted by Gasteiger charge is -2.33. The first-order chi connectivity index (χ1) is 10.3. The molecule has 21 heavy (non-hydrogen) atoms. The Bertz CT molecular complexity index is 686. The number of nitrogens with two attached hydrogens (primary N) is 1. The van der Waals surface area contributed by atoms with Crippen LogP contribution in [-0.2, 0) is 0 Å². The van der Waals surface area contributed by atoms with Gasteiger partial charge in [0.05, 0.1) is 5.00 Å². The number of piperidine rings is 1. The number of fused-ring (bicyclic) bond motifs is 2. The van der Waals surface area contributed by atoms with Crippen molar-refractivity contribution >= 4 is 32.0 Å². The van der Waals surface area contributed by atoms with Crippen LogP contribution in [0.2, 0.25) is 0 Å². The van der Waals surface area contributed by atoms with E-state index in [0.29, 0.717) is 0 Å². The van der Waals surface area contributed by atoms with Crippen molar-refractivity contribution in [3.8, 4) is 0 Å². The van der Waals surface area contributed by atoms with E-state index in [0.717, 1.165) is 17.6 Å². The molecule has 0 bridgehead atoms. The molecule has 0 radical (unpaired) electrons. The molecule has 1 aromatic carbocycles. The zero-order chi connectivity index (χ0) is 14.2. The monoisotopic (exact) mass is 298 g/mol. The molecule has 2 nitrogen and oxygen atoms in total. The summed E-state index contributed by atoms with van der Waals surface area (Å²) in [5, 5.41) is 2.33. The zero-order valence-corrected chi connectivity index (χ0v) is 13.2. The van der Waals surface area contributed by atoms with E-state index in [-0.39, 0.29) is 0 Å². The molecule has 1 atom stereocenters. The van der Waals surface area contributed by atoms with Gasteiger partial charge in [0.1, 0.15) is 0 Å². The van der Waals surface area contributed by atoms with Gasteiger partial charge >= 0.3 is 0 Å². The summed E-state index contributed by atoms with van der Waals surface area (Å²) in [5.74, 6) is 0. The Labute approximate surface area is 130 Å². The van der Waals surface area contributed by atoms with Crippen molar-refractivity contribution in [2.45, 2.75) is 38.1 Å². The standard InChI is InChI=1S/C18H22N2S/c19-18-17(15-6-1-2-7-16(15)21-18)13-8-9-14-5-3-4-11-20(14)12-10-13/h1-2,6-7,10,14H,3-5,8-9,11-12,19H2. The van der Waals surface area contributed by atoms with E-state index in [4.69, 9.17) is 5.73 Å². The predicted octanol–water partition coefficient (Wildman–Crippen LogP) is 4.52. The van der Waals surface area contributed by atoms with Crippen LogP contribution < -0.4 is 5.73 Å². The zero-order valence-electron chi connectivity index (χ0n) is 12.3. The number of benzene rings is 1. The van der Waals surface area contributed by atoms with Crippen molar-refractivity contribution < 1.29 is 0 Å². The summed E-state index contributed by atoms with van der Waals surface area (Å²) in [7, 11) is 0.